The molecule has 3 heterocycles. The van der Waals surface area contributed by atoms with Gasteiger partial charge in [-0.3, -0.25) is 10.2 Å². The van der Waals surface area contributed by atoms with Gasteiger partial charge in [0.15, 0.2) is 5.82 Å². The molecule has 0 aromatic carbocycles. The lowest BCUT2D eigenvalue weighted by atomic mass is 10.2. The lowest BCUT2D eigenvalue weighted by Gasteiger charge is -2.23. The van der Waals surface area contributed by atoms with Crippen LogP contribution in [-0.2, 0) is 6.54 Å². The molecule has 6 nitrogen and oxygen atoms in total. The van der Waals surface area contributed by atoms with Crippen LogP contribution in [0.3, 0.4) is 0 Å². The normalized spacial score (nSPS) is 21.9. The van der Waals surface area contributed by atoms with Crippen molar-refractivity contribution in [3.8, 4) is 0 Å². The summed E-state index contributed by atoms with van der Waals surface area (Å²) in [7, 11) is 0. The summed E-state index contributed by atoms with van der Waals surface area (Å²) in [5.41, 5.74) is 0. The maximum absolute atomic E-state index is 13.7. The molecular formula is C14H17FN4O2S. The monoisotopic (exact) mass is 324 g/mol. The number of anilines is 1. The van der Waals surface area contributed by atoms with E-state index < -0.39 is 6.17 Å². The molecule has 1 fully saturated rings. The van der Waals surface area contributed by atoms with E-state index in [4.69, 9.17) is 0 Å². The fraction of sp³-hybridized carbons (Fsp3) is 0.429. The Balaban J connectivity index is 1.50. The molecule has 1 aliphatic rings. The Kier molecular flexibility index (Phi) is 4.69. The van der Waals surface area contributed by atoms with Crippen molar-refractivity contribution in [2.75, 3.05) is 18.4 Å². The van der Waals surface area contributed by atoms with Crippen LogP contribution < -0.4 is 10.6 Å². The number of rotatable bonds is 5. The number of nitrogens with zero attached hydrogens (tertiary/aromatic N) is 2. The zero-order valence-electron chi connectivity index (χ0n) is 11.9. The molecule has 0 unspecified atom stereocenters. The Labute approximate surface area is 131 Å². The number of aromatic nitrogens is 1. The van der Waals surface area contributed by atoms with Gasteiger partial charge in [-0.2, -0.15) is 0 Å². The van der Waals surface area contributed by atoms with Gasteiger partial charge in [-0.1, -0.05) is 11.2 Å². The second kappa shape index (κ2) is 6.89. The molecular weight excluding hydrogens is 307 g/mol. The molecule has 0 saturated carbocycles. The fourth-order valence-electron chi connectivity index (χ4n) is 2.58. The summed E-state index contributed by atoms with van der Waals surface area (Å²) in [6.45, 7) is 1.53. The number of thiophene rings is 1. The average Bonchev–Trinajstić information content (AvgIpc) is 3.20. The number of amides is 2. The summed E-state index contributed by atoms with van der Waals surface area (Å²) in [5, 5.41) is 10.9. The summed E-state index contributed by atoms with van der Waals surface area (Å²) >= 11 is 1.66. The van der Waals surface area contributed by atoms with Crippen LogP contribution in [0.2, 0.25) is 0 Å². The molecule has 2 amide bonds. The molecule has 0 radical (unpaired) electrons. The highest BCUT2D eigenvalue weighted by atomic mass is 32.1. The highest BCUT2D eigenvalue weighted by molar-refractivity contribution is 7.09. The minimum Gasteiger partial charge on any atom is -0.363 e. The van der Waals surface area contributed by atoms with Gasteiger partial charge in [0.05, 0.1) is 0 Å². The minimum absolute atomic E-state index is 0.000147. The number of hydrogen-bond donors (Lipinski definition) is 2. The fourth-order valence-corrected chi connectivity index (χ4v) is 3.31. The second-order valence-electron chi connectivity index (χ2n) is 5.22. The van der Waals surface area contributed by atoms with Gasteiger partial charge in [0.1, 0.15) is 12.4 Å². The Morgan fingerprint density at radius 2 is 2.45 bits per heavy atom. The van der Waals surface area contributed by atoms with Gasteiger partial charge in [0.2, 0.25) is 0 Å². The van der Waals surface area contributed by atoms with E-state index in [0.717, 1.165) is 6.54 Å². The number of nitrogens with one attached hydrogen (secondary N) is 2. The van der Waals surface area contributed by atoms with Gasteiger partial charge in [0, 0.05) is 36.6 Å². The van der Waals surface area contributed by atoms with Crippen LogP contribution in [0.5, 0.6) is 0 Å². The molecule has 3 rings (SSSR count). The number of halogens is 1. The van der Waals surface area contributed by atoms with Crippen LogP contribution in [0.15, 0.2) is 34.4 Å². The topological polar surface area (TPSA) is 70.4 Å². The van der Waals surface area contributed by atoms with E-state index in [1.165, 1.54) is 11.1 Å². The first-order valence-corrected chi connectivity index (χ1v) is 7.94. The molecule has 118 valence electrons. The number of hydrogen-bond acceptors (Lipinski definition) is 5. The lowest BCUT2D eigenvalue weighted by molar-refractivity contribution is 0.225. The maximum Gasteiger partial charge on any atom is 0.320 e. The van der Waals surface area contributed by atoms with Crippen LogP contribution in [0.1, 0.15) is 11.3 Å². The van der Waals surface area contributed by atoms with E-state index in [-0.39, 0.29) is 12.1 Å². The molecule has 2 aromatic rings. The third-order valence-corrected chi connectivity index (χ3v) is 4.45. The van der Waals surface area contributed by atoms with E-state index in [1.54, 1.807) is 17.4 Å². The standard InChI is InChI=1S/C14H17FN4O2S/c15-10-6-11(19(8-10)9-12-2-1-5-22-12)7-16-14(20)17-13-3-4-21-18-13/h1-5,10-11H,6-9H2,(H2,16,17,18,20)/t10-,11-/m0/s1. The predicted octanol–water partition coefficient (Wildman–Crippen LogP) is 2.47. The summed E-state index contributed by atoms with van der Waals surface area (Å²) in [6, 6.07) is 5.21. The van der Waals surface area contributed by atoms with Crippen molar-refractivity contribution in [2.24, 2.45) is 0 Å². The smallest absolute Gasteiger partial charge is 0.320 e. The largest absolute Gasteiger partial charge is 0.363 e. The van der Waals surface area contributed by atoms with E-state index >= 15 is 0 Å². The second-order valence-corrected chi connectivity index (χ2v) is 6.25. The van der Waals surface area contributed by atoms with Crippen molar-refractivity contribution in [1.82, 2.24) is 15.4 Å². The minimum atomic E-state index is -0.842. The molecule has 8 heteroatoms. The number of carbonyl (C=O) groups excluding carboxylic acids is 1. The first-order chi connectivity index (χ1) is 10.7. The molecule has 2 N–H and O–H groups in total. The van der Waals surface area contributed by atoms with Gasteiger partial charge >= 0.3 is 6.03 Å². The van der Waals surface area contributed by atoms with Gasteiger partial charge in [-0.05, 0) is 17.9 Å². The predicted molar refractivity (Wildman–Crippen MR) is 81.6 cm³/mol. The van der Waals surface area contributed by atoms with Crippen LogP contribution in [0.4, 0.5) is 15.0 Å². The van der Waals surface area contributed by atoms with E-state index in [0.29, 0.717) is 25.3 Å². The number of carbonyl (C=O) groups is 1. The zero-order valence-corrected chi connectivity index (χ0v) is 12.7. The Morgan fingerprint density at radius 1 is 1.55 bits per heavy atom. The van der Waals surface area contributed by atoms with E-state index in [9.17, 15) is 9.18 Å². The summed E-state index contributed by atoms with van der Waals surface area (Å²) in [6.07, 6.45) is 0.976. The van der Waals surface area contributed by atoms with Gasteiger partial charge in [0.25, 0.3) is 0 Å². The van der Waals surface area contributed by atoms with Crippen LogP contribution in [0, 0.1) is 0 Å². The average molecular weight is 324 g/mol. The molecule has 22 heavy (non-hydrogen) atoms. The van der Waals surface area contributed by atoms with E-state index in [2.05, 4.69) is 25.2 Å². The molecule has 1 aliphatic heterocycles. The van der Waals surface area contributed by atoms with Crippen LogP contribution >= 0.6 is 11.3 Å². The summed E-state index contributed by atoms with van der Waals surface area (Å²) in [4.78, 5) is 15.0. The highest BCUT2D eigenvalue weighted by Crippen LogP contribution is 2.23. The van der Waals surface area contributed by atoms with Crippen molar-refractivity contribution < 1.29 is 13.7 Å². The first kappa shape index (κ1) is 15.0. The third kappa shape index (κ3) is 3.83. The Morgan fingerprint density at radius 3 is 3.18 bits per heavy atom. The van der Waals surface area contributed by atoms with Crippen molar-refractivity contribution in [2.45, 2.75) is 25.2 Å². The van der Waals surface area contributed by atoms with Crippen molar-refractivity contribution >= 4 is 23.2 Å². The molecule has 0 bridgehead atoms. The SMILES string of the molecule is O=C(NC[C@@H]1C[C@H](F)CN1Cc1cccs1)Nc1ccon1. The number of likely N-dealkylation sites (tertiary alicyclic amines) is 1. The number of urea groups is 1. The number of alkyl halides is 1. The molecule has 2 atom stereocenters. The van der Waals surface area contributed by atoms with Crippen molar-refractivity contribution in [1.29, 1.82) is 0 Å². The van der Waals surface area contributed by atoms with Crippen LogP contribution in [-0.4, -0.2) is 41.4 Å². The van der Waals surface area contributed by atoms with Gasteiger partial charge in [-0.25, -0.2) is 9.18 Å². The molecule has 0 spiro atoms. The molecule has 2 aromatic heterocycles. The third-order valence-electron chi connectivity index (χ3n) is 3.59. The summed E-state index contributed by atoms with van der Waals surface area (Å²) < 4.78 is 18.3. The van der Waals surface area contributed by atoms with Crippen molar-refractivity contribution in [3.63, 3.8) is 0 Å². The lowest BCUT2D eigenvalue weighted by Crippen LogP contribution is -2.41. The Hall–Kier alpha value is -1.93. The highest BCUT2D eigenvalue weighted by Gasteiger charge is 2.32. The van der Waals surface area contributed by atoms with Gasteiger partial charge in [-0.15, -0.1) is 11.3 Å². The van der Waals surface area contributed by atoms with E-state index in [1.807, 2.05) is 17.5 Å². The first-order valence-electron chi connectivity index (χ1n) is 7.06. The van der Waals surface area contributed by atoms with Crippen LogP contribution in [0.25, 0.3) is 0 Å². The van der Waals surface area contributed by atoms with Crippen molar-refractivity contribution in [3.05, 3.63) is 34.7 Å². The molecule has 1 saturated heterocycles. The molecule has 0 aliphatic carbocycles. The van der Waals surface area contributed by atoms with Gasteiger partial charge < -0.3 is 9.84 Å². The quantitative estimate of drug-likeness (QED) is 0.886. The Bertz CT molecular complexity index is 590. The zero-order chi connectivity index (χ0) is 15.4. The summed E-state index contributed by atoms with van der Waals surface area (Å²) in [5.74, 6) is 0.350. The maximum atomic E-state index is 13.7.